The lowest BCUT2D eigenvalue weighted by atomic mass is 9.92. The van der Waals surface area contributed by atoms with E-state index in [-0.39, 0.29) is 17.4 Å². The average molecular weight is 478 g/mol. The van der Waals surface area contributed by atoms with Gasteiger partial charge in [0.1, 0.15) is 5.82 Å². The van der Waals surface area contributed by atoms with E-state index >= 15 is 0 Å². The number of rotatable bonds is 10. The van der Waals surface area contributed by atoms with Crippen LogP contribution in [0.5, 0.6) is 0 Å². The van der Waals surface area contributed by atoms with E-state index in [1.54, 1.807) is 16.8 Å². The summed E-state index contributed by atoms with van der Waals surface area (Å²) in [5.74, 6) is 0.550. The van der Waals surface area contributed by atoms with E-state index in [9.17, 15) is 14.7 Å². The Morgan fingerprint density at radius 3 is 2.54 bits per heavy atom. The van der Waals surface area contributed by atoms with Gasteiger partial charge in [-0.2, -0.15) is 0 Å². The Balaban J connectivity index is 2.07. The van der Waals surface area contributed by atoms with Crippen LogP contribution in [0.1, 0.15) is 79.2 Å². The van der Waals surface area contributed by atoms with Gasteiger partial charge in [0, 0.05) is 35.7 Å². The number of hydrogen-bond acceptors (Lipinski definition) is 4. The molecule has 0 aromatic carbocycles. The molecule has 35 heavy (non-hydrogen) atoms. The highest BCUT2D eigenvalue weighted by Crippen LogP contribution is 2.31. The molecule has 0 radical (unpaired) electrons. The van der Waals surface area contributed by atoms with Gasteiger partial charge < -0.3 is 15.0 Å². The Hall–Kier alpha value is -2.99. The summed E-state index contributed by atoms with van der Waals surface area (Å²) in [5, 5.41) is 14.5. The number of hydrogen-bond donors (Lipinski definition) is 2. The minimum Gasteiger partial charge on any atom is -0.388 e. The molecule has 1 saturated carbocycles. The van der Waals surface area contributed by atoms with E-state index in [0.29, 0.717) is 24.3 Å². The summed E-state index contributed by atoms with van der Waals surface area (Å²) in [5.41, 5.74) is 5.13. The van der Waals surface area contributed by atoms with Gasteiger partial charge in [0.05, 0.1) is 11.6 Å². The first-order valence-electron chi connectivity index (χ1n) is 12.8. The number of fused-ring (bicyclic) bond motifs is 1. The van der Waals surface area contributed by atoms with Crippen LogP contribution in [0.25, 0.3) is 16.5 Å². The van der Waals surface area contributed by atoms with Crippen molar-refractivity contribution in [2.45, 2.75) is 86.3 Å². The van der Waals surface area contributed by atoms with E-state index in [0.717, 1.165) is 58.9 Å². The molecule has 6 nitrogen and oxygen atoms in total. The van der Waals surface area contributed by atoms with Gasteiger partial charge in [-0.15, -0.1) is 0 Å². The van der Waals surface area contributed by atoms with Crippen LogP contribution in [0, 0.1) is 5.92 Å². The van der Waals surface area contributed by atoms with Gasteiger partial charge in [0.2, 0.25) is 5.91 Å². The van der Waals surface area contributed by atoms with Gasteiger partial charge in [-0.25, -0.2) is 4.98 Å². The number of aryl methyl sites for hydroxylation is 1. The molecule has 0 aliphatic heterocycles. The Bertz CT molecular complexity index is 1250. The van der Waals surface area contributed by atoms with Crippen LogP contribution in [0.15, 0.2) is 52.0 Å². The molecule has 2 aromatic heterocycles. The second-order valence-corrected chi connectivity index (χ2v) is 9.42. The van der Waals surface area contributed by atoms with Crippen molar-refractivity contribution >= 4 is 28.2 Å². The molecule has 2 aromatic rings. The Morgan fingerprint density at radius 1 is 1.26 bits per heavy atom. The highest BCUT2D eigenvalue weighted by Gasteiger charge is 2.30. The fourth-order valence-electron chi connectivity index (χ4n) is 4.46. The summed E-state index contributed by atoms with van der Waals surface area (Å²) in [7, 11) is 0. The number of aliphatic hydroxyl groups excluding tert-OH is 1. The number of anilines is 1. The number of carbonyl (C=O) groups excluding carboxylic acids is 1. The van der Waals surface area contributed by atoms with Crippen molar-refractivity contribution in [3.05, 3.63) is 63.1 Å². The largest absolute Gasteiger partial charge is 0.388 e. The average Bonchev–Trinajstić information content (AvgIpc) is 3.69. The zero-order chi connectivity index (χ0) is 25.7. The fraction of sp³-hybridized carbons (Fsp3) is 0.483. The van der Waals surface area contributed by atoms with Crippen LogP contribution < -0.4 is 10.9 Å². The normalized spacial score (nSPS) is 16.3. The number of nitrogens with one attached hydrogen (secondary N) is 1. The minimum absolute atomic E-state index is 0.00711. The number of carbonyl (C=O) groups is 1. The standard InChI is InChI=1S/C29H39N3O3/c1-7-11-26(33)23(18(5)8-2)14-19(6)22(9-3)24-15-21-17-30-27(31-28(34)20-12-13-20)16-25(21)32(10-4)29(24)35/h9,14-17,20,26,33H,7-8,10-13H2,1-6H3,(H,30,31,34)/b19-14-,22-9+,23-18-. The van der Waals surface area contributed by atoms with Crippen molar-refractivity contribution in [3.63, 3.8) is 0 Å². The summed E-state index contributed by atoms with van der Waals surface area (Å²) in [4.78, 5) is 30.2. The smallest absolute Gasteiger partial charge is 0.258 e. The van der Waals surface area contributed by atoms with E-state index in [1.807, 2.05) is 39.0 Å². The third-order valence-electron chi connectivity index (χ3n) is 6.81. The molecular formula is C29H39N3O3. The first-order chi connectivity index (χ1) is 16.7. The van der Waals surface area contributed by atoms with Crippen LogP contribution >= 0.6 is 0 Å². The third kappa shape index (κ3) is 5.99. The van der Waals surface area contributed by atoms with Gasteiger partial charge in [-0.05, 0) is 76.2 Å². The van der Waals surface area contributed by atoms with Crippen LogP contribution in [0.3, 0.4) is 0 Å². The number of aliphatic hydroxyl groups is 1. The predicted molar refractivity (Wildman–Crippen MR) is 144 cm³/mol. The van der Waals surface area contributed by atoms with Crippen LogP contribution in [0.4, 0.5) is 5.82 Å². The Labute approximate surface area is 208 Å². The maximum atomic E-state index is 13.6. The zero-order valence-electron chi connectivity index (χ0n) is 21.9. The van der Waals surface area contributed by atoms with Crippen molar-refractivity contribution in [2.24, 2.45) is 5.92 Å². The van der Waals surface area contributed by atoms with E-state index in [1.165, 1.54) is 0 Å². The number of pyridine rings is 2. The number of nitrogens with zero attached hydrogens (tertiary/aromatic N) is 2. The molecule has 1 aliphatic rings. The SMILES string of the molecule is C\C=C(/C(C)=C\C(=C(/C)CC)C(O)CCC)c1cc2cnc(NC(=O)C3CC3)cc2n(CC)c1=O. The molecular weight excluding hydrogens is 438 g/mol. The highest BCUT2D eigenvalue weighted by molar-refractivity contribution is 5.95. The molecule has 0 saturated heterocycles. The van der Waals surface area contributed by atoms with E-state index in [4.69, 9.17) is 0 Å². The predicted octanol–water partition coefficient (Wildman–Crippen LogP) is 6.00. The van der Waals surface area contributed by atoms with Gasteiger partial charge in [-0.3, -0.25) is 9.59 Å². The van der Waals surface area contributed by atoms with Gasteiger partial charge >= 0.3 is 0 Å². The first-order valence-corrected chi connectivity index (χ1v) is 12.8. The van der Waals surface area contributed by atoms with Crippen molar-refractivity contribution in [3.8, 4) is 0 Å². The number of aromatic nitrogens is 2. The van der Waals surface area contributed by atoms with Crippen LogP contribution in [-0.2, 0) is 11.3 Å². The van der Waals surface area contributed by atoms with E-state index in [2.05, 4.69) is 31.1 Å². The van der Waals surface area contributed by atoms with Gasteiger partial charge in [0.15, 0.2) is 0 Å². The first kappa shape index (κ1) is 26.6. The molecule has 1 atom stereocenters. The quantitative estimate of drug-likeness (QED) is 0.411. The second kappa shape index (κ2) is 11.6. The van der Waals surface area contributed by atoms with Crippen molar-refractivity contribution in [1.82, 2.24) is 9.55 Å². The van der Waals surface area contributed by atoms with Crippen molar-refractivity contribution in [1.29, 1.82) is 0 Å². The minimum atomic E-state index is -0.523. The third-order valence-corrected chi connectivity index (χ3v) is 6.81. The van der Waals surface area contributed by atoms with E-state index < -0.39 is 6.10 Å². The lowest BCUT2D eigenvalue weighted by molar-refractivity contribution is -0.117. The van der Waals surface area contributed by atoms with Crippen molar-refractivity contribution in [2.75, 3.05) is 5.32 Å². The molecule has 1 amide bonds. The topological polar surface area (TPSA) is 84.2 Å². The second-order valence-electron chi connectivity index (χ2n) is 9.42. The molecule has 1 fully saturated rings. The Morgan fingerprint density at radius 2 is 1.97 bits per heavy atom. The molecule has 0 bridgehead atoms. The molecule has 188 valence electrons. The molecule has 3 rings (SSSR count). The lowest BCUT2D eigenvalue weighted by Gasteiger charge is -2.18. The summed E-state index contributed by atoms with van der Waals surface area (Å²) in [6, 6.07) is 3.67. The summed E-state index contributed by atoms with van der Waals surface area (Å²) in [6.07, 6.45) is 9.48. The molecule has 0 spiro atoms. The summed E-state index contributed by atoms with van der Waals surface area (Å²) in [6.45, 7) is 12.6. The maximum Gasteiger partial charge on any atom is 0.258 e. The van der Waals surface area contributed by atoms with Crippen LogP contribution in [-0.4, -0.2) is 26.7 Å². The molecule has 1 unspecified atom stereocenters. The highest BCUT2D eigenvalue weighted by atomic mass is 16.3. The van der Waals surface area contributed by atoms with Crippen LogP contribution in [0.2, 0.25) is 0 Å². The molecule has 2 N–H and O–H groups in total. The molecule has 1 aliphatic carbocycles. The summed E-state index contributed by atoms with van der Waals surface area (Å²) < 4.78 is 1.73. The monoisotopic (exact) mass is 477 g/mol. The zero-order valence-corrected chi connectivity index (χ0v) is 21.9. The van der Waals surface area contributed by atoms with Gasteiger partial charge in [-0.1, -0.05) is 38.0 Å². The number of allylic oxidation sites excluding steroid dienone is 4. The maximum absolute atomic E-state index is 13.6. The molecule has 6 heteroatoms. The summed E-state index contributed by atoms with van der Waals surface area (Å²) >= 11 is 0. The fourth-order valence-corrected chi connectivity index (χ4v) is 4.46. The molecule has 2 heterocycles. The number of amides is 1. The lowest BCUT2D eigenvalue weighted by Crippen LogP contribution is -2.24. The Kier molecular flexibility index (Phi) is 8.84. The van der Waals surface area contributed by atoms with Gasteiger partial charge in [0.25, 0.3) is 5.56 Å². The van der Waals surface area contributed by atoms with Crippen molar-refractivity contribution < 1.29 is 9.90 Å².